The van der Waals surface area contributed by atoms with Crippen molar-refractivity contribution < 1.29 is 4.92 Å². The highest BCUT2D eigenvalue weighted by Gasteiger charge is 2.13. The molecule has 20 heavy (non-hydrogen) atoms. The Balaban J connectivity index is 2.22. The van der Waals surface area contributed by atoms with Crippen molar-refractivity contribution in [2.75, 3.05) is 5.32 Å². The Bertz CT molecular complexity index is 639. The summed E-state index contributed by atoms with van der Waals surface area (Å²) in [6.07, 6.45) is 0. The molecule has 4 nitrogen and oxygen atoms in total. The highest BCUT2D eigenvalue weighted by molar-refractivity contribution is 9.10. The summed E-state index contributed by atoms with van der Waals surface area (Å²) in [5, 5.41) is 14.2. The molecule has 0 spiro atoms. The third-order valence-corrected chi connectivity index (χ3v) is 3.71. The van der Waals surface area contributed by atoms with Crippen molar-refractivity contribution in [3.8, 4) is 0 Å². The van der Waals surface area contributed by atoms with Crippen molar-refractivity contribution in [2.45, 2.75) is 13.5 Å². The minimum absolute atomic E-state index is 0.118. The number of hydrogen-bond donors (Lipinski definition) is 1. The Hall–Kier alpha value is -1.40. The molecule has 0 saturated heterocycles. The first-order valence-corrected chi connectivity index (χ1v) is 7.48. The number of anilines is 1. The van der Waals surface area contributed by atoms with E-state index in [1.807, 2.05) is 25.1 Å². The van der Waals surface area contributed by atoms with Gasteiger partial charge in [-0.3, -0.25) is 10.1 Å². The number of nitrogens with one attached hydrogen (secondary N) is 1. The summed E-state index contributed by atoms with van der Waals surface area (Å²) >= 11 is 6.77. The first-order chi connectivity index (χ1) is 9.45. The molecule has 0 aliphatic carbocycles. The molecule has 0 bridgehead atoms. The van der Waals surface area contributed by atoms with Crippen LogP contribution >= 0.6 is 31.9 Å². The Labute approximate surface area is 133 Å². The first kappa shape index (κ1) is 15.0. The van der Waals surface area contributed by atoms with Gasteiger partial charge >= 0.3 is 0 Å². The van der Waals surface area contributed by atoms with Gasteiger partial charge in [0.1, 0.15) is 0 Å². The summed E-state index contributed by atoms with van der Waals surface area (Å²) in [7, 11) is 0. The SMILES string of the molecule is Cc1cc(Br)cc(NCc2cc(Br)ccc2[N+](=O)[O-])c1. The Morgan fingerprint density at radius 2 is 1.90 bits per heavy atom. The summed E-state index contributed by atoms with van der Waals surface area (Å²) < 4.78 is 1.80. The van der Waals surface area contributed by atoms with Crippen LogP contribution in [0.15, 0.2) is 45.3 Å². The van der Waals surface area contributed by atoms with Gasteiger partial charge < -0.3 is 5.32 Å². The van der Waals surface area contributed by atoms with Gasteiger partial charge in [0.25, 0.3) is 5.69 Å². The molecule has 2 rings (SSSR count). The van der Waals surface area contributed by atoms with Gasteiger partial charge in [0.15, 0.2) is 0 Å². The second kappa shape index (κ2) is 6.37. The largest absolute Gasteiger partial charge is 0.381 e. The lowest BCUT2D eigenvalue weighted by molar-refractivity contribution is -0.385. The fourth-order valence-electron chi connectivity index (χ4n) is 1.91. The third kappa shape index (κ3) is 3.80. The lowest BCUT2D eigenvalue weighted by Gasteiger charge is -2.09. The topological polar surface area (TPSA) is 55.2 Å². The Morgan fingerprint density at radius 1 is 1.15 bits per heavy atom. The summed E-state index contributed by atoms with van der Waals surface area (Å²) in [6.45, 7) is 2.39. The second-order valence-corrected chi connectivity index (χ2v) is 6.23. The van der Waals surface area contributed by atoms with E-state index in [-0.39, 0.29) is 10.6 Å². The normalized spacial score (nSPS) is 10.3. The smallest absolute Gasteiger partial charge is 0.274 e. The summed E-state index contributed by atoms with van der Waals surface area (Å²) in [5.74, 6) is 0. The zero-order valence-electron chi connectivity index (χ0n) is 10.7. The number of nitrogens with zero attached hydrogens (tertiary/aromatic N) is 1. The Morgan fingerprint density at radius 3 is 2.55 bits per heavy atom. The minimum atomic E-state index is -0.365. The predicted molar refractivity (Wildman–Crippen MR) is 87.0 cm³/mol. The quantitative estimate of drug-likeness (QED) is 0.578. The number of nitro groups is 1. The monoisotopic (exact) mass is 398 g/mol. The molecule has 0 amide bonds. The average Bonchev–Trinajstić information content (AvgIpc) is 2.35. The van der Waals surface area contributed by atoms with Crippen molar-refractivity contribution in [1.29, 1.82) is 0 Å². The van der Waals surface area contributed by atoms with Crippen LogP contribution in [0.4, 0.5) is 11.4 Å². The van der Waals surface area contributed by atoms with Crippen LogP contribution in [-0.2, 0) is 6.54 Å². The van der Waals surface area contributed by atoms with E-state index in [0.717, 1.165) is 20.2 Å². The fourth-order valence-corrected chi connectivity index (χ4v) is 2.93. The van der Waals surface area contributed by atoms with Crippen LogP contribution in [0.2, 0.25) is 0 Å². The lowest BCUT2D eigenvalue weighted by Crippen LogP contribution is -2.03. The molecule has 0 heterocycles. The molecular weight excluding hydrogens is 388 g/mol. The van der Waals surface area contributed by atoms with E-state index in [4.69, 9.17) is 0 Å². The highest BCUT2D eigenvalue weighted by Crippen LogP contribution is 2.25. The van der Waals surface area contributed by atoms with E-state index in [0.29, 0.717) is 12.1 Å². The summed E-state index contributed by atoms with van der Waals surface area (Å²) in [5.41, 5.74) is 2.80. The van der Waals surface area contributed by atoms with Gasteiger partial charge in [0, 0.05) is 32.8 Å². The number of halogens is 2. The van der Waals surface area contributed by atoms with E-state index in [9.17, 15) is 10.1 Å². The van der Waals surface area contributed by atoms with Gasteiger partial charge in [-0.05, 0) is 42.8 Å². The molecule has 6 heteroatoms. The number of hydrogen-bond acceptors (Lipinski definition) is 3. The maximum absolute atomic E-state index is 11.0. The maximum atomic E-state index is 11.0. The zero-order chi connectivity index (χ0) is 14.7. The van der Waals surface area contributed by atoms with Crippen LogP contribution in [0, 0.1) is 17.0 Å². The van der Waals surface area contributed by atoms with E-state index in [1.165, 1.54) is 6.07 Å². The van der Waals surface area contributed by atoms with E-state index in [1.54, 1.807) is 12.1 Å². The molecular formula is C14H12Br2N2O2. The first-order valence-electron chi connectivity index (χ1n) is 5.89. The van der Waals surface area contributed by atoms with Gasteiger partial charge in [0.2, 0.25) is 0 Å². The van der Waals surface area contributed by atoms with E-state index < -0.39 is 0 Å². The van der Waals surface area contributed by atoms with Crippen molar-refractivity contribution in [3.63, 3.8) is 0 Å². The number of benzene rings is 2. The molecule has 0 fully saturated rings. The van der Waals surface area contributed by atoms with Crippen LogP contribution in [0.3, 0.4) is 0 Å². The summed E-state index contributed by atoms with van der Waals surface area (Å²) in [6, 6.07) is 10.9. The van der Waals surface area contributed by atoms with Gasteiger partial charge in [-0.2, -0.15) is 0 Å². The Kier molecular flexibility index (Phi) is 4.77. The molecule has 0 aromatic heterocycles. The van der Waals surface area contributed by atoms with Crippen molar-refractivity contribution >= 4 is 43.2 Å². The number of nitro benzene ring substituents is 1. The van der Waals surface area contributed by atoms with Crippen LogP contribution in [-0.4, -0.2) is 4.92 Å². The molecule has 2 aromatic rings. The molecule has 0 atom stereocenters. The van der Waals surface area contributed by atoms with E-state index >= 15 is 0 Å². The van der Waals surface area contributed by atoms with Crippen LogP contribution < -0.4 is 5.32 Å². The van der Waals surface area contributed by atoms with E-state index in [2.05, 4.69) is 37.2 Å². The van der Waals surface area contributed by atoms with Crippen molar-refractivity contribution in [2.24, 2.45) is 0 Å². The van der Waals surface area contributed by atoms with Crippen LogP contribution in [0.5, 0.6) is 0 Å². The maximum Gasteiger partial charge on any atom is 0.274 e. The number of rotatable bonds is 4. The van der Waals surface area contributed by atoms with Crippen LogP contribution in [0.25, 0.3) is 0 Å². The minimum Gasteiger partial charge on any atom is -0.381 e. The molecule has 0 aliphatic heterocycles. The van der Waals surface area contributed by atoms with Crippen molar-refractivity contribution in [3.05, 3.63) is 66.6 Å². The molecule has 104 valence electrons. The van der Waals surface area contributed by atoms with Crippen LogP contribution in [0.1, 0.15) is 11.1 Å². The summed E-state index contributed by atoms with van der Waals surface area (Å²) in [4.78, 5) is 10.6. The third-order valence-electron chi connectivity index (χ3n) is 2.76. The van der Waals surface area contributed by atoms with Crippen molar-refractivity contribution in [1.82, 2.24) is 0 Å². The number of aryl methyl sites for hydroxylation is 1. The molecule has 2 aromatic carbocycles. The molecule has 0 aliphatic rings. The van der Waals surface area contributed by atoms with Gasteiger partial charge in [-0.25, -0.2) is 0 Å². The lowest BCUT2D eigenvalue weighted by atomic mass is 10.1. The molecule has 1 N–H and O–H groups in total. The second-order valence-electron chi connectivity index (χ2n) is 4.40. The predicted octanol–water partition coefficient (Wildman–Crippen LogP) is 5.04. The average molecular weight is 400 g/mol. The molecule has 0 unspecified atom stereocenters. The molecule has 0 radical (unpaired) electrons. The molecule has 0 saturated carbocycles. The highest BCUT2D eigenvalue weighted by atomic mass is 79.9. The van der Waals surface area contributed by atoms with Gasteiger partial charge in [-0.15, -0.1) is 0 Å². The fraction of sp³-hybridized carbons (Fsp3) is 0.143. The zero-order valence-corrected chi connectivity index (χ0v) is 13.9. The van der Waals surface area contributed by atoms with Gasteiger partial charge in [0.05, 0.1) is 4.92 Å². The standard InChI is InChI=1S/C14H12Br2N2O2/c1-9-4-12(16)7-13(5-9)17-8-10-6-11(15)2-3-14(10)18(19)20/h2-7,17H,8H2,1H3. The van der Waals surface area contributed by atoms with Gasteiger partial charge in [-0.1, -0.05) is 31.9 Å².